The number of benzene rings is 1. The molecular weight excluding hydrogens is 287 g/mol. The molecule has 0 amide bonds. The monoisotopic (exact) mass is 294 g/mol. The zero-order chi connectivity index (χ0) is 9.38. The van der Waals surface area contributed by atoms with Crippen molar-refractivity contribution in [2.45, 2.75) is 0 Å². The van der Waals surface area contributed by atoms with Gasteiger partial charge in [-0.15, -0.1) is 0 Å². The van der Waals surface area contributed by atoms with Crippen LogP contribution in [0, 0.1) is 0 Å². The average molecular weight is 294 g/mol. The van der Waals surface area contributed by atoms with Gasteiger partial charge in [-0.05, 0) is 28.4 Å². The molecule has 1 aliphatic rings. The SMILES string of the molecule is C1=Cc2cc3cccnc3cc2N=I1. The Bertz CT molecular complexity index is 508. The summed E-state index contributed by atoms with van der Waals surface area (Å²) >= 11 is -0.114. The van der Waals surface area contributed by atoms with Crippen molar-refractivity contribution < 1.29 is 0 Å². The van der Waals surface area contributed by atoms with E-state index >= 15 is 0 Å². The van der Waals surface area contributed by atoms with Crippen LogP contribution in [0.15, 0.2) is 37.7 Å². The fourth-order valence-electron chi connectivity index (χ4n) is 1.51. The summed E-state index contributed by atoms with van der Waals surface area (Å²) in [4.78, 5) is 4.32. The maximum atomic E-state index is 4.53. The van der Waals surface area contributed by atoms with Crippen molar-refractivity contribution in [1.29, 1.82) is 0 Å². The van der Waals surface area contributed by atoms with Crippen molar-refractivity contribution in [3.63, 3.8) is 0 Å². The average Bonchev–Trinajstić information content (AvgIpc) is 2.26. The first-order valence-corrected chi connectivity index (χ1v) is 6.54. The second-order valence-corrected chi connectivity index (χ2v) is 4.84. The fourth-order valence-corrected chi connectivity index (χ4v) is 2.94. The third kappa shape index (κ3) is 1.28. The molecule has 1 aliphatic heterocycles. The molecular formula is C11H7IN2. The van der Waals surface area contributed by atoms with E-state index in [0.29, 0.717) is 0 Å². The number of fused-ring (bicyclic) bond motifs is 2. The summed E-state index contributed by atoms with van der Waals surface area (Å²) in [5.74, 6) is 0. The summed E-state index contributed by atoms with van der Waals surface area (Å²) in [6.45, 7) is 0. The Hall–Kier alpha value is -1.10. The summed E-state index contributed by atoms with van der Waals surface area (Å²) in [6.07, 6.45) is 3.99. The van der Waals surface area contributed by atoms with Gasteiger partial charge in [0.2, 0.25) is 0 Å². The van der Waals surface area contributed by atoms with E-state index in [4.69, 9.17) is 0 Å². The minimum absolute atomic E-state index is 0.114. The number of halogens is 1. The number of nitrogens with zero attached hydrogens (tertiary/aromatic N) is 2. The smallest absolute Gasteiger partial charge is 0.0785 e. The first-order chi connectivity index (χ1) is 6.93. The van der Waals surface area contributed by atoms with Crippen LogP contribution in [0.2, 0.25) is 0 Å². The molecule has 2 aromatic rings. The van der Waals surface area contributed by atoms with Crippen molar-refractivity contribution in [2.24, 2.45) is 3.15 Å². The van der Waals surface area contributed by atoms with Gasteiger partial charge in [0.05, 0.1) is 11.2 Å². The number of hydrogen-bond acceptors (Lipinski definition) is 2. The van der Waals surface area contributed by atoms with Gasteiger partial charge in [0.25, 0.3) is 0 Å². The highest BCUT2D eigenvalue weighted by molar-refractivity contribution is 14.2. The van der Waals surface area contributed by atoms with Gasteiger partial charge in [0.1, 0.15) is 0 Å². The molecule has 0 saturated carbocycles. The Kier molecular flexibility index (Phi) is 1.90. The molecule has 0 fully saturated rings. The molecule has 14 heavy (non-hydrogen) atoms. The Morgan fingerprint density at radius 3 is 3.21 bits per heavy atom. The molecule has 3 rings (SSSR count). The molecule has 1 aromatic heterocycles. The maximum absolute atomic E-state index is 4.53. The summed E-state index contributed by atoms with van der Waals surface area (Å²) in [6, 6.07) is 8.28. The van der Waals surface area contributed by atoms with Crippen molar-refractivity contribution in [3.8, 4) is 0 Å². The van der Waals surface area contributed by atoms with Crippen LogP contribution < -0.4 is 0 Å². The molecule has 0 bridgehead atoms. The topological polar surface area (TPSA) is 25.2 Å². The minimum atomic E-state index is -0.114. The summed E-state index contributed by atoms with van der Waals surface area (Å²) in [5.41, 5.74) is 3.36. The molecule has 0 unspecified atom stereocenters. The van der Waals surface area contributed by atoms with Gasteiger partial charge < -0.3 is 0 Å². The van der Waals surface area contributed by atoms with Crippen LogP contribution in [0.3, 0.4) is 0 Å². The predicted molar refractivity (Wildman–Crippen MR) is 66.9 cm³/mol. The van der Waals surface area contributed by atoms with Crippen LogP contribution in [0.5, 0.6) is 0 Å². The molecule has 0 radical (unpaired) electrons. The van der Waals surface area contributed by atoms with Crippen molar-refractivity contribution >= 4 is 43.7 Å². The van der Waals surface area contributed by atoms with Crippen LogP contribution in [0.1, 0.15) is 5.56 Å². The fraction of sp³-hybridized carbons (Fsp3) is 0. The number of hydrogen-bond donors (Lipinski definition) is 0. The molecule has 68 valence electrons. The van der Waals surface area contributed by atoms with E-state index in [2.05, 4.69) is 36.5 Å². The highest BCUT2D eigenvalue weighted by Gasteiger charge is 2.03. The molecule has 0 N–H and O–H groups in total. The normalized spacial score (nSPS) is 13.7. The summed E-state index contributed by atoms with van der Waals surface area (Å²) in [5, 5.41) is 1.19. The Balaban J connectivity index is 2.40. The first kappa shape index (κ1) is 8.23. The zero-order valence-electron chi connectivity index (χ0n) is 7.31. The molecule has 3 heteroatoms. The van der Waals surface area contributed by atoms with Crippen LogP contribution in [-0.4, -0.2) is 4.98 Å². The van der Waals surface area contributed by atoms with Gasteiger partial charge in [0.15, 0.2) is 0 Å². The van der Waals surface area contributed by atoms with E-state index in [1.165, 1.54) is 10.9 Å². The van der Waals surface area contributed by atoms with E-state index in [1.807, 2.05) is 12.3 Å². The van der Waals surface area contributed by atoms with E-state index < -0.39 is 0 Å². The summed E-state index contributed by atoms with van der Waals surface area (Å²) < 4.78 is 6.71. The maximum Gasteiger partial charge on any atom is 0.0785 e. The lowest BCUT2D eigenvalue weighted by molar-refractivity contribution is 1.40. The predicted octanol–water partition coefficient (Wildman–Crippen LogP) is 4.00. The van der Waals surface area contributed by atoms with Gasteiger partial charge in [-0.1, -0.05) is 6.07 Å². The lowest BCUT2D eigenvalue weighted by atomic mass is 10.1. The third-order valence-corrected chi connectivity index (χ3v) is 3.67. The first-order valence-electron chi connectivity index (χ1n) is 4.32. The largest absolute Gasteiger partial charge is 0.256 e. The molecule has 1 aromatic carbocycles. The van der Waals surface area contributed by atoms with E-state index in [-0.39, 0.29) is 21.0 Å². The van der Waals surface area contributed by atoms with Gasteiger partial charge >= 0.3 is 0 Å². The van der Waals surface area contributed by atoms with Gasteiger partial charge in [-0.2, -0.15) is 0 Å². The third-order valence-electron chi connectivity index (χ3n) is 2.19. The van der Waals surface area contributed by atoms with Gasteiger partial charge in [-0.25, -0.2) is 3.15 Å². The Labute approximate surface area is 91.8 Å². The quantitative estimate of drug-likeness (QED) is 0.674. The lowest BCUT2D eigenvalue weighted by Gasteiger charge is -2.05. The molecule has 2 heterocycles. The number of rotatable bonds is 0. The molecule has 0 atom stereocenters. The van der Waals surface area contributed by atoms with Crippen molar-refractivity contribution in [2.75, 3.05) is 0 Å². The highest BCUT2D eigenvalue weighted by atomic mass is 127. The van der Waals surface area contributed by atoms with Gasteiger partial charge in [0, 0.05) is 38.2 Å². The standard InChI is InChI=1S/C11H7IN2/c1-2-8-6-9-3-4-12-14-11(9)7-10(8)13-5-1/h1-7H. The number of pyridine rings is 1. The second-order valence-electron chi connectivity index (χ2n) is 3.08. The lowest BCUT2D eigenvalue weighted by Crippen LogP contribution is -1.81. The summed E-state index contributed by atoms with van der Waals surface area (Å²) in [7, 11) is 0. The van der Waals surface area contributed by atoms with Crippen molar-refractivity contribution in [1.82, 2.24) is 4.98 Å². The van der Waals surface area contributed by atoms with Crippen LogP contribution in [-0.2, 0) is 0 Å². The minimum Gasteiger partial charge on any atom is -0.256 e. The van der Waals surface area contributed by atoms with Crippen molar-refractivity contribution in [3.05, 3.63) is 40.1 Å². The second kappa shape index (κ2) is 3.24. The van der Waals surface area contributed by atoms with E-state index in [1.54, 1.807) is 0 Å². The zero-order valence-corrected chi connectivity index (χ0v) is 9.47. The highest BCUT2D eigenvalue weighted by Crippen LogP contribution is 2.33. The van der Waals surface area contributed by atoms with E-state index in [0.717, 1.165) is 11.2 Å². The molecule has 0 saturated heterocycles. The van der Waals surface area contributed by atoms with Gasteiger partial charge in [-0.3, -0.25) is 4.98 Å². The van der Waals surface area contributed by atoms with E-state index in [9.17, 15) is 0 Å². The van der Waals surface area contributed by atoms with Crippen LogP contribution in [0.4, 0.5) is 5.69 Å². The van der Waals surface area contributed by atoms with Crippen LogP contribution >= 0.6 is 21.0 Å². The molecule has 0 spiro atoms. The van der Waals surface area contributed by atoms with Crippen LogP contribution in [0.25, 0.3) is 17.0 Å². The Morgan fingerprint density at radius 2 is 2.21 bits per heavy atom. The molecule has 0 aliphatic carbocycles. The molecule has 2 nitrogen and oxygen atoms in total. The Morgan fingerprint density at radius 1 is 1.21 bits per heavy atom. The number of aromatic nitrogens is 1.